The maximum Gasteiger partial charge on any atom is 0.219 e. The molecule has 0 bridgehead atoms. The fraction of sp³-hybridized carbons (Fsp3) is 0.500. The number of nitrogens with two attached hydrogens (primary N) is 1. The Labute approximate surface area is 174 Å². The summed E-state index contributed by atoms with van der Waals surface area (Å²) in [6.07, 6.45) is 3.02. The predicted molar refractivity (Wildman–Crippen MR) is 114 cm³/mol. The first-order valence-corrected chi connectivity index (χ1v) is 10.3. The molecule has 0 spiro atoms. The molecule has 8 heteroatoms. The third-order valence-electron chi connectivity index (χ3n) is 6.45. The highest BCUT2D eigenvalue weighted by atomic mass is 19.1. The zero-order valence-electron chi connectivity index (χ0n) is 17.5. The van der Waals surface area contributed by atoms with Gasteiger partial charge in [0.15, 0.2) is 5.82 Å². The second-order valence-corrected chi connectivity index (χ2v) is 8.90. The van der Waals surface area contributed by atoms with Crippen molar-refractivity contribution in [1.82, 2.24) is 9.47 Å². The quantitative estimate of drug-likeness (QED) is 0.740. The molecule has 3 N–H and O–H groups in total. The Balaban J connectivity index is 1.88. The van der Waals surface area contributed by atoms with Crippen molar-refractivity contribution in [3.8, 4) is 6.07 Å². The first kappa shape index (κ1) is 20.2. The van der Waals surface area contributed by atoms with Crippen LogP contribution in [0.4, 0.5) is 15.8 Å². The van der Waals surface area contributed by atoms with Crippen LogP contribution in [0.5, 0.6) is 0 Å². The number of nitrogens with one attached hydrogen (secondary N) is 1. The van der Waals surface area contributed by atoms with Crippen LogP contribution in [0, 0.1) is 17.1 Å². The van der Waals surface area contributed by atoms with Crippen LogP contribution in [0.1, 0.15) is 51.3 Å². The lowest BCUT2D eigenvalue weighted by Gasteiger charge is -2.33. The molecule has 3 heterocycles. The number of amides is 1. The number of fused-ring (bicyclic) bond motifs is 3. The van der Waals surface area contributed by atoms with Crippen LogP contribution in [0.3, 0.4) is 0 Å². The van der Waals surface area contributed by atoms with Gasteiger partial charge in [-0.15, -0.1) is 0 Å². The van der Waals surface area contributed by atoms with Gasteiger partial charge in [0.25, 0.3) is 0 Å². The van der Waals surface area contributed by atoms with Crippen molar-refractivity contribution in [2.24, 2.45) is 0 Å². The molecule has 30 heavy (non-hydrogen) atoms. The average Bonchev–Trinajstić information content (AvgIpc) is 3.01. The third kappa shape index (κ3) is 3.00. The average molecular weight is 411 g/mol. The van der Waals surface area contributed by atoms with E-state index in [-0.39, 0.29) is 39.8 Å². The SMILES string of the molecule is CC(=O)N1CCC[C@H](Nc2cc3c(c(N)c2F)c(=O)c(C#N)c2n3C(C)(C)CC2)C1. The fourth-order valence-electron chi connectivity index (χ4n) is 4.88. The van der Waals surface area contributed by atoms with Gasteiger partial charge in [-0.25, -0.2) is 4.39 Å². The number of benzene rings is 1. The predicted octanol–water partition coefficient (Wildman–Crippen LogP) is 2.70. The molecule has 2 aromatic rings. The first-order chi connectivity index (χ1) is 14.2. The van der Waals surface area contributed by atoms with Gasteiger partial charge >= 0.3 is 0 Å². The minimum atomic E-state index is -0.695. The highest BCUT2D eigenvalue weighted by Crippen LogP contribution is 2.39. The van der Waals surface area contributed by atoms with Crippen molar-refractivity contribution < 1.29 is 9.18 Å². The van der Waals surface area contributed by atoms with E-state index in [2.05, 4.69) is 5.32 Å². The van der Waals surface area contributed by atoms with E-state index in [0.29, 0.717) is 30.7 Å². The minimum Gasteiger partial charge on any atom is -0.396 e. The van der Waals surface area contributed by atoms with Crippen LogP contribution >= 0.6 is 0 Å². The molecule has 1 atom stereocenters. The molecule has 1 aromatic carbocycles. The van der Waals surface area contributed by atoms with Gasteiger partial charge in [0, 0.05) is 37.3 Å². The molecule has 1 fully saturated rings. The summed E-state index contributed by atoms with van der Waals surface area (Å²) in [4.78, 5) is 26.4. The van der Waals surface area contributed by atoms with E-state index in [9.17, 15) is 14.9 Å². The number of rotatable bonds is 2. The lowest BCUT2D eigenvalue weighted by Crippen LogP contribution is -2.44. The van der Waals surface area contributed by atoms with Crippen LogP contribution in [0.25, 0.3) is 10.9 Å². The maximum atomic E-state index is 15.2. The van der Waals surface area contributed by atoms with Crippen LogP contribution in [-0.2, 0) is 16.8 Å². The van der Waals surface area contributed by atoms with Gasteiger partial charge in [0.2, 0.25) is 11.3 Å². The fourth-order valence-corrected chi connectivity index (χ4v) is 4.88. The largest absolute Gasteiger partial charge is 0.396 e. The van der Waals surface area contributed by atoms with E-state index in [1.54, 1.807) is 11.0 Å². The van der Waals surface area contributed by atoms with E-state index >= 15 is 4.39 Å². The number of piperidine rings is 1. The van der Waals surface area contributed by atoms with Gasteiger partial charge < -0.3 is 20.5 Å². The molecule has 0 aliphatic carbocycles. The monoisotopic (exact) mass is 411 g/mol. The summed E-state index contributed by atoms with van der Waals surface area (Å²) in [5.41, 5.74) is 6.50. The number of hydrogen-bond acceptors (Lipinski definition) is 5. The minimum absolute atomic E-state index is 0.00449. The standard InChI is InChI=1S/C22H26FN5O2/c1-12(29)27-8-4-5-13(11-27)26-15-9-17-18(20(25)19(15)23)21(30)14(10-24)16-6-7-22(2,3)28(16)17/h9,13,26H,4-8,11,25H2,1-3H3/t13-/m0/s1. The molecule has 2 aliphatic rings. The summed E-state index contributed by atoms with van der Waals surface area (Å²) < 4.78 is 17.2. The number of carbonyl (C=O) groups is 1. The van der Waals surface area contributed by atoms with Crippen LogP contribution in [0.2, 0.25) is 0 Å². The van der Waals surface area contributed by atoms with Crippen molar-refractivity contribution in [2.45, 2.75) is 58.0 Å². The Hall–Kier alpha value is -3.08. The maximum absolute atomic E-state index is 15.2. The van der Waals surface area contributed by atoms with E-state index in [0.717, 1.165) is 19.3 Å². The number of pyridine rings is 1. The number of likely N-dealkylation sites (tertiary alicyclic amines) is 1. The zero-order chi connectivity index (χ0) is 21.8. The molecule has 0 radical (unpaired) electrons. The number of nitrogens with zero attached hydrogens (tertiary/aromatic N) is 3. The Morgan fingerprint density at radius 3 is 2.83 bits per heavy atom. The van der Waals surface area contributed by atoms with Crippen molar-refractivity contribution in [2.75, 3.05) is 24.1 Å². The Bertz CT molecular complexity index is 1160. The van der Waals surface area contributed by atoms with Crippen molar-refractivity contribution in [1.29, 1.82) is 5.26 Å². The van der Waals surface area contributed by atoms with Gasteiger partial charge in [-0.2, -0.15) is 5.26 Å². The van der Waals surface area contributed by atoms with E-state index in [1.165, 1.54) is 6.92 Å². The summed E-state index contributed by atoms with van der Waals surface area (Å²) in [7, 11) is 0. The Kier molecular flexibility index (Phi) is 4.72. The molecule has 158 valence electrons. The highest BCUT2D eigenvalue weighted by molar-refractivity contribution is 5.95. The number of aromatic nitrogens is 1. The van der Waals surface area contributed by atoms with Crippen molar-refractivity contribution in [3.05, 3.63) is 33.4 Å². The normalized spacial score (nSPS) is 20.1. The molecule has 1 aromatic heterocycles. The lowest BCUT2D eigenvalue weighted by molar-refractivity contribution is -0.129. The molecule has 7 nitrogen and oxygen atoms in total. The Morgan fingerprint density at radius 2 is 2.17 bits per heavy atom. The number of nitriles is 1. The third-order valence-corrected chi connectivity index (χ3v) is 6.45. The summed E-state index contributed by atoms with van der Waals surface area (Å²) in [6.45, 7) is 6.79. The number of carbonyl (C=O) groups excluding carboxylic acids is 1. The van der Waals surface area contributed by atoms with E-state index < -0.39 is 11.2 Å². The van der Waals surface area contributed by atoms with Crippen LogP contribution in [0.15, 0.2) is 10.9 Å². The zero-order valence-corrected chi connectivity index (χ0v) is 17.5. The molecule has 1 saturated heterocycles. The summed E-state index contributed by atoms with van der Waals surface area (Å²) in [5.74, 6) is -0.699. The van der Waals surface area contributed by atoms with Crippen LogP contribution in [-0.4, -0.2) is 34.5 Å². The van der Waals surface area contributed by atoms with Gasteiger partial charge in [0.05, 0.1) is 22.3 Å². The molecular formula is C22H26FN5O2. The molecule has 0 saturated carbocycles. The summed E-state index contributed by atoms with van der Waals surface area (Å²) in [6, 6.07) is 3.53. The van der Waals surface area contributed by atoms with Gasteiger partial charge in [0.1, 0.15) is 11.6 Å². The van der Waals surface area contributed by atoms with E-state index in [1.807, 2.05) is 24.5 Å². The number of halogens is 1. The Morgan fingerprint density at radius 1 is 1.43 bits per heavy atom. The summed E-state index contributed by atoms with van der Waals surface area (Å²) >= 11 is 0. The van der Waals surface area contributed by atoms with Crippen molar-refractivity contribution >= 4 is 28.2 Å². The van der Waals surface area contributed by atoms with Gasteiger partial charge in [-0.05, 0) is 45.6 Å². The second-order valence-electron chi connectivity index (χ2n) is 8.90. The second kappa shape index (κ2) is 7.01. The number of hydrogen-bond donors (Lipinski definition) is 2. The summed E-state index contributed by atoms with van der Waals surface area (Å²) in [5, 5.41) is 12.8. The first-order valence-electron chi connectivity index (χ1n) is 10.3. The molecular weight excluding hydrogens is 385 g/mol. The smallest absolute Gasteiger partial charge is 0.219 e. The number of nitrogen functional groups attached to an aromatic ring is 1. The molecule has 2 aliphatic heterocycles. The topological polar surface area (TPSA) is 104 Å². The van der Waals surface area contributed by atoms with Gasteiger partial charge in [-0.1, -0.05) is 0 Å². The number of anilines is 2. The van der Waals surface area contributed by atoms with Gasteiger partial charge in [-0.3, -0.25) is 9.59 Å². The molecule has 0 unspecified atom stereocenters. The van der Waals surface area contributed by atoms with E-state index in [4.69, 9.17) is 5.73 Å². The molecule has 1 amide bonds. The lowest BCUT2D eigenvalue weighted by atomic mass is 10.0. The van der Waals surface area contributed by atoms with Crippen molar-refractivity contribution in [3.63, 3.8) is 0 Å². The highest BCUT2D eigenvalue weighted by Gasteiger charge is 2.35. The van der Waals surface area contributed by atoms with Crippen LogP contribution < -0.4 is 16.5 Å². The molecule has 4 rings (SSSR count).